The lowest BCUT2D eigenvalue weighted by atomic mass is 9.46. The molecule has 0 amide bonds. The van der Waals surface area contributed by atoms with Crippen molar-refractivity contribution >= 4 is 5.97 Å². The number of hydrogen-bond donors (Lipinski definition) is 0. The Hall–Kier alpha value is -0.790. The summed E-state index contributed by atoms with van der Waals surface area (Å²) in [5.41, 5.74) is 0.928. The Kier molecular flexibility index (Phi) is 6.92. The van der Waals surface area contributed by atoms with Crippen LogP contribution in [0.4, 0.5) is 0 Å². The van der Waals surface area contributed by atoms with Crippen LogP contribution in [0.3, 0.4) is 0 Å². The van der Waals surface area contributed by atoms with Crippen LogP contribution in [0, 0.1) is 58.2 Å². The predicted octanol–water partition coefficient (Wildman–Crippen LogP) is 8.06. The lowest BCUT2D eigenvalue weighted by molar-refractivity contribution is -0.153. The van der Waals surface area contributed by atoms with Crippen molar-refractivity contribution < 1.29 is 9.53 Å². The molecule has 3 saturated carbocycles. The number of carbonyl (C=O) groups is 1. The summed E-state index contributed by atoms with van der Waals surface area (Å²) in [6.07, 6.45) is 17.2. The minimum atomic E-state index is -0.112. The molecule has 0 N–H and O–H groups in total. The van der Waals surface area contributed by atoms with Crippen LogP contribution in [0.2, 0.25) is 0 Å². The molecule has 0 spiro atoms. The highest BCUT2D eigenvalue weighted by Gasteiger charge is 2.59. The van der Waals surface area contributed by atoms with Crippen LogP contribution < -0.4 is 0 Å². The molecule has 4 rings (SSSR count). The summed E-state index contributed by atoms with van der Waals surface area (Å²) in [5, 5.41) is 0. The molecule has 0 aromatic heterocycles. The highest BCUT2D eigenvalue weighted by Crippen LogP contribution is 2.67. The number of esters is 1. The van der Waals surface area contributed by atoms with Gasteiger partial charge in [-0.15, -0.1) is 0 Å². The molecule has 0 radical (unpaired) electrons. The molecule has 0 saturated heterocycles. The molecule has 4 aliphatic carbocycles. The molecule has 2 nitrogen and oxygen atoms in total. The van der Waals surface area contributed by atoms with Crippen LogP contribution in [0.5, 0.6) is 0 Å². The van der Waals surface area contributed by atoms with Gasteiger partial charge < -0.3 is 4.74 Å². The first-order valence-electron chi connectivity index (χ1n) is 13.9. The average Bonchev–Trinajstić information content (AvgIpc) is 3.08. The van der Waals surface area contributed by atoms with Crippen LogP contribution in [0.25, 0.3) is 0 Å². The van der Waals surface area contributed by atoms with Gasteiger partial charge in [-0.25, -0.2) is 0 Å². The SMILES string of the molecule is CC(=O)O[C@@H]1CC[C@@]2(C)[C@@H](C=C[C@@H]3[C@@H]2CC[C@]2(C)[C@@H]([C@H](C)CC[C@H](C)C(C)C)CC[C@@H]32)C1. The third-order valence-corrected chi connectivity index (χ3v) is 11.4. The number of ether oxygens (including phenoxy) is 1. The zero-order valence-corrected chi connectivity index (χ0v) is 22.0. The fourth-order valence-electron chi connectivity index (χ4n) is 8.96. The van der Waals surface area contributed by atoms with Gasteiger partial charge in [-0.3, -0.25) is 4.79 Å². The zero-order chi connectivity index (χ0) is 23.3. The van der Waals surface area contributed by atoms with E-state index in [4.69, 9.17) is 4.74 Å². The Morgan fingerprint density at radius 3 is 2.31 bits per heavy atom. The lowest BCUT2D eigenvalue weighted by Gasteiger charge is -2.59. The molecule has 0 unspecified atom stereocenters. The van der Waals surface area contributed by atoms with Crippen molar-refractivity contribution in [3.63, 3.8) is 0 Å². The monoisotopic (exact) mass is 442 g/mol. The Bertz CT molecular complexity index is 710. The number of carbonyl (C=O) groups excluding carboxylic acids is 1. The molecule has 0 aliphatic heterocycles. The van der Waals surface area contributed by atoms with Gasteiger partial charge in [-0.05, 0) is 103 Å². The lowest BCUT2D eigenvalue weighted by Crippen LogP contribution is -2.52. The van der Waals surface area contributed by atoms with E-state index in [2.05, 4.69) is 53.7 Å². The predicted molar refractivity (Wildman–Crippen MR) is 133 cm³/mol. The average molecular weight is 443 g/mol. The van der Waals surface area contributed by atoms with Gasteiger partial charge in [-0.1, -0.05) is 66.5 Å². The molecule has 182 valence electrons. The molecule has 0 aromatic rings. The number of allylic oxidation sites excluding steroid dienone is 2. The summed E-state index contributed by atoms with van der Waals surface area (Å²) < 4.78 is 5.63. The number of rotatable bonds is 6. The maximum atomic E-state index is 11.5. The first-order chi connectivity index (χ1) is 15.1. The van der Waals surface area contributed by atoms with Crippen molar-refractivity contribution in [2.24, 2.45) is 58.2 Å². The van der Waals surface area contributed by atoms with Gasteiger partial charge in [0.1, 0.15) is 6.10 Å². The van der Waals surface area contributed by atoms with Gasteiger partial charge in [0.2, 0.25) is 0 Å². The van der Waals surface area contributed by atoms with E-state index in [1.807, 2.05) is 0 Å². The highest BCUT2D eigenvalue weighted by atomic mass is 16.5. The van der Waals surface area contributed by atoms with Crippen LogP contribution >= 0.6 is 0 Å². The molecule has 10 atom stereocenters. The Morgan fingerprint density at radius 2 is 1.62 bits per heavy atom. The minimum Gasteiger partial charge on any atom is -0.463 e. The van der Waals surface area contributed by atoms with Gasteiger partial charge in [-0.2, -0.15) is 0 Å². The number of fused-ring (bicyclic) bond motifs is 5. The standard InChI is InChI=1S/C30H50O2/c1-19(2)20(3)8-9-21(4)26-12-13-27-25-11-10-23-18-24(32-22(5)31)14-16-29(23,6)28(25)15-17-30(26,27)7/h10-11,19-21,23-28H,8-9,12-18H2,1-7H3/t20-,21+,23-,24+,25-,26+,27-,28-,29-,30+/m0/s1. The zero-order valence-electron chi connectivity index (χ0n) is 22.0. The van der Waals surface area contributed by atoms with Crippen molar-refractivity contribution in [1.82, 2.24) is 0 Å². The van der Waals surface area contributed by atoms with Crippen molar-refractivity contribution in [1.29, 1.82) is 0 Å². The van der Waals surface area contributed by atoms with Crippen molar-refractivity contribution in [3.8, 4) is 0 Å². The third-order valence-electron chi connectivity index (χ3n) is 11.4. The third kappa shape index (κ3) is 4.22. The fraction of sp³-hybridized carbons (Fsp3) is 0.900. The molecule has 0 bridgehead atoms. The molecule has 4 aliphatic rings. The Labute approximate surface area is 198 Å². The molecule has 32 heavy (non-hydrogen) atoms. The minimum absolute atomic E-state index is 0.112. The van der Waals surface area contributed by atoms with Crippen LogP contribution in [0.15, 0.2) is 12.2 Å². The highest BCUT2D eigenvalue weighted by molar-refractivity contribution is 5.66. The van der Waals surface area contributed by atoms with E-state index < -0.39 is 0 Å². The molecular weight excluding hydrogens is 392 g/mol. The first-order valence-corrected chi connectivity index (χ1v) is 13.9. The van der Waals surface area contributed by atoms with E-state index >= 15 is 0 Å². The summed E-state index contributed by atoms with van der Waals surface area (Å²) >= 11 is 0. The van der Waals surface area contributed by atoms with E-state index in [0.29, 0.717) is 16.7 Å². The van der Waals surface area contributed by atoms with E-state index in [9.17, 15) is 4.79 Å². The molecule has 0 aromatic carbocycles. The van der Waals surface area contributed by atoms with E-state index in [-0.39, 0.29) is 12.1 Å². The summed E-state index contributed by atoms with van der Waals surface area (Å²) in [6, 6.07) is 0. The second kappa shape index (κ2) is 9.10. The second-order valence-corrected chi connectivity index (χ2v) is 13.3. The Morgan fingerprint density at radius 1 is 0.938 bits per heavy atom. The number of hydrogen-bond acceptors (Lipinski definition) is 2. The topological polar surface area (TPSA) is 26.3 Å². The van der Waals surface area contributed by atoms with Crippen molar-refractivity contribution in [2.45, 2.75) is 112 Å². The van der Waals surface area contributed by atoms with E-state index in [1.165, 1.54) is 44.9 Å². The van der Waals surface area contributed by atoms with Gasteiger partial charge in [0, 0.05) is 6.92 Å². The van der Waals surface area contributed by atoms with E-state index in [0.717, 1.165) is 54.3 Å². The fourth-order valence-corrected chi connectivity index (χ4v) is 8.96. The molecular formula is C30H50O2. The van der Waals surface area contributed by atoms with Gasteiger partial charge in [0.15, 0.2) is 0 Å². The molecule has 0 heterocycles. The molecule has 2 heteroatoms. The summed E-state index contributed by atoms with van der Waals surface area (Å²) in [7, 11) is 0. The van der Waals surface area contributed by atoms with Gasteiger partial charge in [0.05, 0.1) is 0 Å². The maximum Gasteiger partial charge on any atom is 0.302 e. The van der Waals surface area contributed by atoms with Crippen molar-refractivity contribution in [2.75, 3.05) is 0 Å². The van der Waals surface area contributed by atoms with Crippen LogP contribution in [0.1, 0.15) is 106 Å². The molecule has 3 fully saturated rings. The first kappa shape index (κ1) is 24.3. The largest absolute Gasteiger partial charge is 0.463 e. The quantitative estimate of drug-likeness (QED) is 0.307. The van der Waals surface area contributed by atoms with Gasteiger partial charge in [0.25, 0.3) is 0 Å². The summed E-state index contributed by atoms with van der Waals surface area (Å²) in [5.74, 6) is 6.36. The second-order valence-electron chi connectivity index (χ2n) is 13.3. The van der Waals surface area contributed by atoms with Crippen LogP contribution in [-0.4, -0.2) is 12.1 Å². The Balaban J connectivity index is 1.47. The smallest absolute Gasteiger partial charge is 0.302 e. The maximum absolute atomic E-state index is 11.5. The van der Waals surface area contributed by atoms with Crippen LogP contribution in [-0.2, 0) is 9.53 Å². The van der Waals surface area contributed by atoms with Gasteiger partial charge >= 0.3 is 5.97 Å². The van der Waals surface area contributed by atoms with Crippen molar-refractivity contribution in [3.05, 3.63) is 12.2 Å². The van der Waals surface area contributed by atoms with E-state index in [1.54, 1.807) is 6.92 Å². The summed E-state index contributed by atoms with van der Waals surface area (Å²) in [6.45, 7) is 16.6. The normalized spacial score (nSPS) is 45.0. The summed E-state index contributed by atoms with van der Waals surface area (Å²) in [4.78, 5) is 11.5.